The number of hydrogen-bond donors (Lipinski definition) is 0. The van der Waals surface area contributed by atoms with E-state index in [4.69, 9.17) is 0 Å². The molecule has 3 unspecified atom stereocenters. The van der Waals surface area contributed by atoms with Gasteiger partial charge in [0.05, 0.1) is 0 Å². The van der Waals surface area contributed by atoms with Crippen molar-refractivity contribution in [2.45, 2.75) is 24.9 Å². The molecule has 0 heterocycles. The molecule has 0 aliphatic carbocycles. The molecule has 0 fully saturated rings. The first-order valence-electron chi connectivity index (χ1n) is 2.50. The second kappa shape index (κ2) is 3.73. The molecule has 0 saturated carbocycles. The fourth-order valence-corrected chi connectivity index (χ4v) is 0.338. The minimum atomic E-state index is -3.49. The predicted octanol–water partition coefficient (Wildman–Crippen LogP) is 2.10. The molecule has 0 nitrogen and oxygen atoms in total. The fourth-order valence-electron chi connectivity index (χ4n) is 0.338. The molecule has 61 valence electrons. The molecular weight excluding hydrogens is 155 g/mol. The number of rotatable bonds is 3. The Morgan fingerprint density at radius 2 is 1.20 bits per heavy atom. The Kier molecular flexibility index (Phi) is 3.60. The molecule has 0 aromatic carbocycles. The summed E-state index contributed by atoms with van der Waals surface area (Å²) in [7, 11) is 0. The van der Waals surface area contributed by atoms with E-state index >= 15 is 0 Å². The Hall–Kier alpha value is -0.350. The Bertz CT molecular complexity index is 80.0. The SMILES string of the molecule is [CH2]C(F)C(F)C(F)C(F)F. The zero-order chi connectivity index (χ0) is 8.31. The van der Waals surface area contributed by atoms with E-state index in [0.717, 1.165) is 0 Å². The van der Waals surface area contributed by atoms with E-state index in [9.17, 15) is 22.0 Å². The van der Waals surface area contributed by atoms with Gasteiger partial charge in [-0.25, -0.2) is 22.0 Å². The maximum Gasteiger partial charge on any atom is 0.272 e. The second-order valence-corrected chi connectivity index (χ2v) is 1.74. The van der Waals surface area contributed by atoms with Gasteiger partial charge in [-0.2, -0.15) is 0 Å². The van der Waals surface area contributed by atoms with Crippen LogP contribution in [0.1, 0.15) is 0 Å². The summed E-state index contributed by atoms with van der Waals surface area (Å²) in [5.41, 5.74) is 0. The summed E-state index contributed by atoms with van der Waals surface area (Å²) in [6.07, 6.45) is -11.8. The molecule has 3 atom stereocenters. The fraction of sp³-hybridized carbons (Fsp3) is 0.800. The molecule has 0 saturated heterocycles. The summed E-state index contributed by atoms with van der Waals surface area (Å²) in [6, 6.07) is 0. The van der Waals surface area contributed by atoms with Crippen molar-refractivity contribution in [3.63, 3.8) is 0 Å². The minimum absolute atomic E-state index is 2.43. The third kappa shape index (κ3) is 2.49. The van der Waals surface area contributed by atoms with Crippen molar-refractivity contribution in [2.24, 2.45) is 0 Å². The van der Waals surface area contributed by atoms with Crippen LogP contribution in [0, 0.1) is 6.92 Å². The quantitative estimate of drug-likeness (QED) is 0.556. The van der Waals surface area contributed by atoms with Gasteiger partial charge >= 0.3 is 0 Å². The monoisotopic (exact) mass is 161 g/mol. The topological polar surface area (TPSA) is 0 Å². The summed E-state index contributed by atoms with van der Waals surface area (Å²) in [5.74, 6) is 0. The first kappa shape index (κ1) is 9.65. The first-order chi connectivity index (χ1) is 4.46. The maximum atomic E-state index is 11.9. The highest BCUT2D eigenvalue weighted by Gasteiger charge is 2.33. The zero-order valence-electron chi connectivity index (χ0n) is 4.91. The second-order valence-electron chi connectivity index (χ2n) is 1.74. The molecule has 0 spiro atoms. The molecule has 1 radical (unpaired) electrons. The first-order valence-corrected chi connectivity index (χ1v) is 2.50. The van der Waals surface area contributed by atoms with E-state index in [-0.39, 0.29) is 0 Å². The Labute approximate surface area is 55.0 Å². The van der Waals surface area contributed by atoms with Crippen LogP contribution in [0.5, 0.6) is 0 Å². The Balaban J connectivity index is 3.81. The van der Waals surface area contributed by atoms with Gasteiger partial charge in [0, 0.05) is 0 Å². The van der Waals surface area contributed by atoms with Crippen LogP contribution in [0.2, 0.25) is 0 Å². The normalized spacial score (nSPS) is 20.7. The van der Waals surface area contributed by atoms with E-state index in [1.165, 1.54) is 0 Å². The minimum Gasteiger partial charge on any atom is -0.244 e. The van der Waals surface area contributed by atoms with Crippen molar-refractivity contribution in [3.05, 3.63) is 6.92 Å². The van der Waals surface area contributed by atoms with Crippen LogP contribution in [-0.2, 0) is 0 Å². The van der Waals surface area contributed by atoms with Crippen molar-refractivity contribution in [1.29, 1.82) is 0 Å². The molecule has 0 aromatic heterocycles. The van der Waals surface area contributed by atoms with E-state index < -0.39 is 24.9 Å². The third-order valence-electron chi connectivity index (χ3n) is 0.890. The highest BCUT2D eigenvalue weighted by atomic mass is 19.3. The van der Waals surface area contributed by atoms with Crippen LogP contribution < -0.4 is 0 Å². The molecule has 0 amide bonds. The molecule has 0 aliphatic rings. The Morgan fingerprint density at radius 3 is 1.30 bits per heavy atom. The lowest BCUT2D eigenvalue weighted by Gasteiger charge is -2.12. The van der Waals surface area contributed by atoms with Gasteiger partial charge < -0.3 is 0 Å². The summed E-state index contributed by atoms with van der Waals surface area (Å²) in [4.78, 5) is 0. The molecule has 0 bridgehead atoms. The van der Waals surface area contributed by atoms with Crippen LogP contribution in [-0.4, -0.2) is 24.9 Å². The summed E-state index contributed by atoms with van der Waals surface area (Å²) >= 11 is 0. The average Bonchev–Trinajstić information content (AvgIpc) is 1.84. The lowest BCUT2D eigenvalue weighted by atomic mass is 10.2. The predicted molar refractivity (Wildman–Crippen MR) is 26.0 cm³/mol. The van der Waals surface area contributed by atoms with E-state index in [2.05, 4.69) is 6.92 Å². The van der Waals surface area contributed by atoms with Crippen LogP contribution in [0.3, 0.4) is 0 Å². The molecule has 10 heavy (non-hydrogen) atoms. The van der Waals surface area contributed by atoms with Crippen molar-refractivity contribution >= 4 is 0 Å². The largest absolute Gasteiger partial charge is 0.272 e. The van der Waals surface area contributed by atoms with Crippen LogP contribution in [0.4, 0.5) is 22.0 Å². The van der Waals surface area contributed by atoms with Gasteiger partial charge in [-0.05, 0) is 6.92 Å². The molecule has 0 rings (SSSR count). The summed E-state index contributed by atoms with van der Waals surface area (Å²) in [6.45, 7) is 2.43. The van der Waals surface area contributed by atoms with Crippen LogP contribution >= 0.6 is 0 Å². The van der Waals surface area contributed by atoms with Gasteiger partial charge in [0.1, 0.15) is 6.17 Å². The molecular formula is C5H6F5. The number of hydrogen-bond acceptors (Lipinski definition) is 0. The molecule has 0 aliphatic heterocycles. The smallest absolute Gasteiger partial charge is 0.244 e. The van der Waals surface area contributed by atoms with Gasteiger partial charge in [-0.3, -0.25) is 0 Å². The van der Waals surface area contributed by atoms with Crippen molar-refractivity contribution in [3.8, 4) is 0 Å². The van der Waals surface area contributed by atoms with Crippen LogP contribution in [0.15, 0.2) is 0 Å². The van der Waals surface area contributed by atoms with E-state index in [0.29, 0.717) is 0 Å². The van der Waals surface area contributed by atoms with Crippen molar-refractivity contribution in [2.75, 3.05) is 0 Å². The standard InChI is InChI=1S/C5H6F5/c1-2(6)3(7)4(8)5(9)10/h2-5H,1H2. The Morgan fingerprint density at radius 1 is 0.800 bits per heavy atom. The summed E-state index contributed by atoms with van der Waals surface area (Å²) in [5, 5.41) is 0. The number of halogens is 5. The van der Waals surface area contributed by atoms with Crippen molar-refractivity contribution < 1.29 is 22.0 Å². The van der Waals surface area contributed by atoms with Gasteiger partial charge in [0.2, 0.25) is 0 Å². The number of alkyl halides is 5. The third-order valence-corrected chi connectivity index (χ3v) is 0.890. The van der Waals surface area contributed by atoms with Gasteiger partial charge in [-0.1, -0.05) is 0 Å². The molecule has 5 heteroatoms. The van der Waals surface area contributed by atoms with Gasteiger partial charge in [0.15, 0.2) is 12.3 Å². The average molecular weight is 161 g/mol. The van der Waals surface area contributed by atoms with Crippen LogP contribution in [0.25, 0.3) is 0 Å². The van der Waals surface area contributed by atoms with Gasteiger partial charge in [0.25, 0.3) is 6.43 Å². The molecule has 0 aromatic rings. The zero-order valence-corrected chi connectivity index (χ0v) is 4.91. The lowest BCUT2D eigenvalue weighted by molar-refractivity contribution is -0.0152. The van der Waals surface area contributed by atoms with Crippen molar-refractivity contribution in [1.82, 2.24) is 0 Å². The maximum absolute atomic E-state index is 11.9. The lowest BCUT2D eigenvalue weighted by Crippen LogP contribution is -2.31. The highest BCUT2D eigenvalue weighted by molar-refractivity contribution is 4.79. The van der Waals surface area contributed by atoms with Gasteiger partial charge in [-0.15, -0.1) is 0 Å². The van der Waals surface area contributed by atoms with E-state index in [1.54, 1.807) is 0 Å². The molecule has 0 N–H and O–H groups in total. The summed E-state index contributed by atoms with van der Waals surface area (Å²) < 4.78 is 57.7. The van der Waals surface area contributed by atoms with E-state index in [1.807, 2.05) is 0 Å². The highest BCUT2D eigenvalue weighted by Crippen LogP contribution is 2.17.